The number of allylic oxidation sites excluding steroid dienone is 3. The quantitative estimate of drug-likeness (QED) is 0.0320. The van der Waals surface area contributed by atoms with Gasteiger partial charge in [0.05, 0.1) is 25.4 Å². The standard InChI is InChI=1S/C76H147NO5/c1-3-5-7-9-11-13-15-17-19-37-42-46-50-54-58-62-66-70-76(81)82-71-67-63-59-55-51-47-43-39-36-34-32-30-28-26-24-22-20-21-23-25-27-29-31-33-35-38-41-45-49-53-57-61-65-69-75(80)77-73(72-78)74(79)68-64-60-56-52-48-44-40-18-16-14-12-10-8-6-4-2/h24,26,64,68,73-74,78-79H,3-23,25,27-63,65-67,69-72H2,1-2H3,(H,77,80)/b26-24-,68-64+. The van der Waals surface area contributed by atoms with Crippen LogP contribution in [0.25, 0.3) is 0 Å². The summed E-state index contributed by atoms with van der Waals surface area (Å²) in [6.07, 6.45) is 91.4. The second-order valence-electron chi connectivity index (χ2n) is 26.0. The van der Waals surface area contributed by atoms with E-state index in [1.165, 1.54) is 360 Å². The number of rotatable bonds is 71. The maximum absolute atomic E-state index is 12.5. The topological polar surface area (TPSA) is 95.9 Å². The van der Waals surface area contributed by atoms with Crippen LogP contribution in [0.5, 0.6) is 0 Å². The molecule has 0 aromatic rings. The maximum Gasteiger partial charge on any atom is 0.305 e. The molecule has 486 valence electrons. The molecule has 0 aliphatic carbocycles. The molecule has 2 atom stereocenters. The molecule has 0 aliphatic heterocycles. The number of carbonyl (C=O) groups is 2. The molecule has 0 rings (SSSR count). The minimum Gasteiger partial charge on any atom is -0.466 e. The summed E-state index contributed by atoms with van der Waals surface area (Å²) < 4.78 is 5.51. The summed E-state index contributed by atoms with van der Waals surface area (Å²) in [5.41, 5.74) is 0. The maximum atomic E-state index is 12.5. The molecule has 0 saturated heterocycles. The fourth-order valence-electron chi connectivity index (χ4n) is 12.0. The van der Waals surface area contributed by atoms with Crippen molar-refractivity contribution in [3.8, 4) is 0 Å². The van der Waals surface area contributed by atoms with E-state index in [0.29, 0.717) is 19.4 Å². The van der Waals surface area contributed by atoms with Crippen molar-refractivity contribution < 1.29 is 24.5 Å². The van der Waals surface area contributed by atoms with E-state index >= 15 is 0 Å². The second kappa shape index (κ2) is 71.8. The van der Waals surface area contributed by atoms with Crippen LogP contribution in [-0.2, 0) is 14.3 Å². The van der Waals surface area contributed by atoms with Crippen LogP contribution < -0.4 is 5.32 Å². The number of nitrogens with one attached hydrogen (secondary N) is 1. The van der Waals surface area contributed by atoms with Gasteiger partial charge in [0.25, 0.3) is 0 Å². The van der Waals surface area contributed by atoms with Crippen LogP contribution in [0.4, 0.5) is 0 Å². The van der Waals surface area contributed by atoms with Gasteiger partial charge >= 0.3 is 5.97 Å². The Morgan fingerprint density at radius 1 is 0.329 bits per heavy atom. The summed E-state index contributed by atoms with van der Waals surface area (Å²) in [4.78, 5) is 24.6. The van der Waals surface area contributed by atoms with Crippen LogP contribution >= 0.6 is 0 Å². The molecule has 0 heterocycles. The Hall–Kier alpha value is -1.66. The van der Waals surface area contributed by atoms with E-state index in [9.17, 15) is 19.8 Å². The predicted molar refractivity (Wildman–Crippen MR) is 361 cm³/mol. The summed E-state index contributed by atoms with van der Waals surface area (Å²) in [6.45, 7) is 4.95. The van der Waals surface area contributed by atoms with Crippen molar-refractivity contribution in [2.24, 2.45) is 0 Å². The number of amides is 1. The predicted octanol–water partition coefficient (Wildman–Crippen LogP) is 24.5. The van der Waals surface area contributed by atoms with E-state index in [2.05, 4.69) is 31.3 Å². The van der Waals surface area contributed by atoms with Crippen molar-refractivity contribution in [1.82, 2.24) is 5.32 Å². The van der Waals surface area contributed by atoms with Gasteiger partial charge in [-0.25, -0.2) is 0 Å². The Labute approximate surface area is 513 Å². The van der Waals surface area contributed by atoms with E-state index in [0.717, 1.165) is 38.5 Å². The SMILES string of the molecule is CCCCCCCCCCCCCCC/C=C/C(O)C(CO)NC(=O)CCCCCCCCCCCCCCCCCCC/C=C\CCCCCCCCCCCCCCOC(=O)CCCCCCCCCCCCCCCCCCC. The molecule has 6 nitrogen and oxygen atoms in total. The van der Waals surface area contributed by atoms with Crippen LogP contribution in [0.1, 0.15) is 425 Å². The molecule has 0 spiro atoms. The molecule has 0 fully saturated rings. The number of carbonyl (C=O) groups excluding carboxylic acids is 2. The summed E-state index contributed by atoms with van der Waals surface area (Å²) >= 11 is 0. The number of ether oxygens (including phenoxy) is 1. The lowest BCUT2D eigenvalue weighted by molar-refractivity contribution is -0.143. The first-order chi connectivity index (χ1) is 40.5. The summed E-state index contributed by atoms with van der Waals surface area (Å²) in [6, 6.07) is -0.625. The number of unbranched alkanes of at least 4 members (excludes halogenated alkanes) is 58. The number of hydrogen-bond donors (Lipinski definition) is 3. The summed E-state index contributed by atoms with van der Waals surface area (Å²) in [5, 5.41) is 23.2. The fourth-order valence-corrected chi connectivity index (χ4v) is 12.0. The van der Waals surface area contributed by atoms with Gasteiger partial charge in [-0.2, -0.15) is 0 Å². The molecular formula is C76H147NO5. The Morgan fingerprint density at radius 3 is 0.866 bits per heavy atom. The second-order valence-corrected chi connectivity index (χ2v) is 26.0. The Morgan fingerprint density at radius 2 is 0.573 bits per heavy atom. The van der Waals surface area contributed by atoms with Crippen molar-refractivity contribution in [2.45, 2.75) is 437 Å². The number of aliphatic hydroxyl groups excluding tert-OH is 2. The van der Waals surface area contributed by atoms with Crippen molar-refractivity contribution in [2.75, 3.05) is 13.2 Å². The third kappa shape index (κ3) is 67.5. The van der Waals surface area contributed by atoms with Gasteiger partial charge < -0.3 is 20.3 Å². The van der Waals surface area contributed by atoms with Gasteiger partial charge in [0.1, 0.15) is 0 Å². The molecule has 0 aliphatic rings. The van der Waals surface area contributed by atoms with Gasteiger partial charge in [-0.15, -0.1) is 0 Å². The van der Waals surface area contributed by atoms with Crippen molar-refractivity contribution in [1.29, 1.82) is 0 Å². The van der Waals surface area contributed by atoms with E-state index in [-0.39, 0.29) is 18.5 Å². The first kappa shape index (κ1) is 80.3. The van der Waals surface area contributed by atoms with Crippen LogP contribution in [0.3, 0.4) is 0 Å². The first-order valence-corrected chi connectivity index (χ1v) is 37.6. The van der Waals surface area contributed by atoms with Gasteiger partial charge in [-0.05, 0) is 57.8 Å². The zero-order valence-corrected chi connectivity index (χ0v) is 55.8. The monoisotopic (exact) mass is 1150 g/mol. The highest BCUT2D eigenvalue weighted by Crippen LogP contribution is 2.19. The highest BCUT2D eigenvalue weighted by Gasteiger charge is 2.18. The minimum absolute atomic E-state index is 0.0232. The van der Waals surface area contributed by atoms with Gasteiger partial charge in [0, 0.05) is 12.8 Å². The van der Waals surface area contributed by atoms with E-state index < -0.39 is 12.1 Å². The molecule has 2 unspecified atom stereocenters. The molecule has 0 radical (unpaired) electrons. The zero-order valence-electron chi connectivity index (χ0n) is 55.8. The fraction of sp³-hybridized carbons (Fsp3) is 0.921. The van der Waals surface area contributed by atoms with Crippen LogP contribution in [0.2, 0.25) is 0 Å². The van der Waals surface area contributed by atoms with Crippen LogP contribution in [-0.4, -0.2) is 47.4 Å². The van der Waals surface area contributed by atoms with Gasteiger partial charge in [0.15, 0.2) is 0 Å². The lowest BCUT2D eigenvalue weighted by Gasteiger charge is -2.20. The summed E-state index contributed by atoms with van der Waals surface area (Å²) in [5.74, 6) is -0.0389. The molecule has 0 aromatic heterocycles. The third-order valence-corrected chi connectivity index (χ3v) is 17.7. The van der Waals surface area contributed by atoms with Crippen LogP contribution in [0.15, 0.2) is 24.3 Å². The lowest BCUT2D eigenvalue weighted by Crippen LogP contribution is -2.45. The van der Waals surface area contributed by atoms with Crippen molar-refractivity contribution >= 4 is 11.9 Å². The van der Waals surface area contributed by atoms with E-state index in [1.807, 2.05) is 6.08 Å². The number of aliphatic hydroxyl groups is 2. The van der Waals surface area contributed by atoms with Gasteiger partial charge in [-0.1, -0.05) is 378 Å². The van der Waals surface area contributed by atoms with E-state index in [1.54, 1.807) is 6.08 Å². The third-order valence-electron chi connectivity index (χ3n) is 17.7. The molecule has 1 amide bonds. The molecule has 3 N–H and O–H groups in total. The zero-order chi connectivity index (χ0) is 59.2. The van der Waals surface area contributed by atoms with E-state index in [4.69, 9.17) is 4.74 Å². The number of hydrogen-bond acceptors (Lipinski definition) is 5. The minimum atomic E-state index is -0.842. The lowest BCUT2D eigenvalue weighted by atomic mass is 10.0. The smallest absolute Gasteiger partial charge is 0.305 e. The highest BCUT2D eigenvalue weighted by molar-refractivity contribution is 5.76. The van der Waals surface area contributed by atoms with Crippen molar-refractivity contribution in [3.63, 3.8) is 0 Å². The molecule has 82 heavy (non-hydrogen) atoms. The average Bonchev–Trinajstić information content (AvgIpc) is 3.48. The Kier molecular flexibility index (Phi) is 70.4. The average molecular weight is 1160 g/mol. The van der Waals surface area contributed by atoms with Gasteiger partial charge in [0.2, 0.25) is 5.91 Å². The first-order valence-electron chi connectivity index (χ1n) is 37.6. The molecule has 0 aromatic carbocycles. The number of esters is 1. The normalized spacial score (nSPS) is 12.6. The molecule has 0 saturated carbocycles. The largest absolute Gasteiger partial charge is 0.466 e. The van der Waals surface area contributed by atoms with Gasteiger partial charge in [-0.3, -0.25) is 9.59 Å². The molecule has 0 bridgehead atoms. The molecule has 6 heteroatoms. The Bertz CT molecular complexity index is 1280. The summed E-state index contributed by atoms with van der Waals surface area (Å²) in [7, 11) is 0. The Balaban J connectivity index is 3.34. The van der Waals surface area contributed by atoms with Crippen LogP contribution in [0, 0.1) is 0 Å². The molecular weight excluding hydrogens is 1010 g/mol. The van der Waals surface area contributed by atoms with Crippen molar-refractivity contribution in [3.05, 3.63) is 24.3 Å². The highest BCUT2D eigenvalue weighted by atomic mass is 16.5.